The summed E-state index contributed by atoms with van der Waals surface area (Å²) in [7, 11) is 0. The molecule has 350 valence electrons. The summed E-state index contributed by atoms with van der Waals surface area (Å²) >= 11 is 1.86. The van der Waals surface area contributed by atoms with Gasteiger partial charge in [-0.25, -0.2) is 0 Å². The summed E-state index contributed by atoms with van der Waals surface area (Å²) < 4.78 is 5.02. The van der Waals surface area contributed by atoms with Crippen molar-refractivity contribution in [3.8, 4) is 50.2 Å². The number of rotatable bonds is 8. The fraction of sp³-hybridized carbons (Fsp3) is 0. The highest BCUT2D eigenvalue weighted by atomic mass is 32.1. The zero-order chi connectivity index (χ0) is 49.4. The molecule has 0 aliphatic carbocycles. The highest BCUT2D eigenvalue weighted by Gasteiger charge is 2.19. The Bertz CT molecular complexity index is 4630. The van der Waals surface area contributed by atoms with Crippen LogP contribution in [0.5, 0.6) is 0 Å². The first-order valence-electron chi connectivity index (χ1n) is 25.7. The van der Waals surface area contributed by atoms with Crippen molar-refractivity contribution in [2.24, 2.45) is 0 Å². The number of thiophene rings is 1. The second-order valence-corrected chi connectivity index (χ2v) is 20.7. The normalized spacial score (nSPS) is 11.7. The lowest BCUT2D eigenvalue weighted by molar-refractivity contribution is 1.18. The molecule has 0 spiro atoms. The minimum absolute atomic E-state index is 1.10. The Morgan fingerprint density at radius 1 is 0.227 bits per heavy atom. The fourth-order valence-electron chi connectivity index (χ4n) is 11.7. The van der Waals surface area contributed by atoms with Crippen molar-refractivity contribution >= 4 is 103 Å². The Labute approximate surface area is 438 Å². The number of benzene rings is 13. The minimum atomic E-state index is 1.10. The van der Waals surface area contributed by atoms with E-state index in [-0.39, 0.29) is 0 Å². The summed E-state index contributed by atoms with van der Waals surface area (Å²) in [5.41, 5.74) is 16.4. The van der Waals surface area contributed by atoms with Gasteiger partial charge in [0.1, 0.15) is 0 Å². The molecule has 2 heterocycles. The van der Waals surface area contributed by atoms with Gasteiger partial charge in [-0.3, -0.25) is 0 Å². The Hall–Kier alpha value is -9.54. The highest BCUT2D eigenvalue weighted by Crippen LogP contribution is 2.45. The maximum atomic E-state index is 2.44. The van der Waals surface area contributed by atoms with Crippen LogP contribution >= 0.6 is 11.3 Å². The van der Waals surface area contributed by atoms with Crippen LogP contribution in [0.1, 0.15) is 0 Å². The van der Waals surface area contributed by atoms with Crippen LogP contribution in [0.25, 0.3) is 124 Å². The molecule has 0 aliphatic rings. The highest BCUT2D eigenvalue weighted by molar-refractivity contribution is 7.25. The topological polar surface area (TPSA) is 8.17 Å². The van der Waals surface area contributed by atoms with Crippen LogP contribution in [-0.4, -0.2) is 4.57 Å². The first-order valence-corrected chi connectivity index (χ1v) is 26.5. The van der Waals surface area contributed by atoms with E-state index in [0.717, 1.165) is 28.3 Å². The molecule has 2 nitrogen and oxygen atoms in total. The molecule has 0 fully saturated rings. The summed E-state index contributed by atoms with van der Waals surface area (Å²) in [6, 6.07) is 103. The van der Waals surface area contributed by atoms with E-state index in [4.69, 9.17) is 0 Å². The van der Waals surface area contributed by atoms with E-state index >= 15 is 0 Å². The van der Waals surface area contributed by atoms with Crippen molar-refractivity contribution in [1.29, 1.82) is 0 Å². The van der Waals surface area contributed by atoms with Crippen LogP contribution in [0.3, 0.4) is 0 Å². The standard InChI is InChI=1S/C72H46N2S/c1-3-13-47(14-4-1)49-23-25-51(26-24-49)53-31-40-69-66(43-53)67-44-54(32-41-70(67)74(69)56-35-27-50(28-36-56)48-15-5-2-6-16-48)52-29-33-55(34-30-52)73(58-38-42-72-68(46-58)64-21-11-12-22-71(64)75-72)57-37-39-63-61-19-8-7-17-59(61)60-18-9-10-20-62(60)65(63)45-57/h1-46H. The maximum Gasteiger partial charge on any atom is 0.0541 e. The van der Waals surface area contributed by atoms with Gasteiger partial charge in [0, 0.05) is 53.7 Å². The molecule has 13 aromatic carbocycles. The fourth-order valence-corrected chi connectivity index (χ4v) is 12.8. The molecule has 15 rings (SSSR count). The number of hydrogen-bond acceptors (Lipinski definition) is 2. The molecule has 0 unspecified atom stereocenters. The molecule has 3 heteroatoms. The molecule has 0 saturated heterocycles. The molecular formula is C72H46N2S. The largest absolute Gasteiger partial charge is 0.310 e. The summed E-state index contributed by atoms with van der Waals surface area (Å²) in [5.74, 6) is 0. The van der Waals surface area contributed by atoms with Crippen molar-refractivity contribution in [3.63, 3.8) is 0 Å². The van der Waals surface area contributed by atoms with Crippen LogP contribution in [0, 0.1) is 0 Å². The molecule has 0 aliphatic heterocycles. The van der Waals surface area contributed by atoms with Crippen molar-refractivity contribution < 1.29 is 0 Å². The number of fused-ring (bicyclic) bond motifs is 12. The van der Waals surface area contributed by atoms with Crippen molar-refractivity contribution in [3.05, 3.63) is 279 Å². The third-order valence-electron chi connectivity index (χ3n) is 15.4. The van der Waals surface area contributed by atoms with Crippen LogP contribution in [0.15, 0.2) is 279 Å². The quantitative estimate of drug-likeness (QED) is 0.138. The van der Waals surface area contributed by atoms with Gasteiger partial charge in [0.05, 0.1) is 11.0 Å². The van der Waals surface area contributed by atoms with E-state index in [9.17, 15) is 0 Å². The lowest BCUT2D eigenvalue weighted by Crippen LogP contribution is -2.09. The summed E-state index contributed by atoms with van der Waals surface area (Å²) in [6.07, 6.45) is 0. The van der Waals surface area contributed by atoms with Crippen LogP contribution in [0.4, 0.5) is 17.1 Å². The molecular weight excluding hydrogens is 925 g/mol. The number of aromatic nitrogens is 1. The second-order valence-electron chi connectivity index (χ2n) is 19.6. The molecule has 0 atom stereocenters. The Kier molecular flexibility index (Phi) is 10.1. The van der Waals surface area contributed by atoms with Crippen LogP contribution < -0.4 is 4.90 Å². The lowest BCUT2D eigenvalue weighted by Gasteiger charge is -2.26. The molecule has 2 aromatic heterocycles. The molecule has 15 aromatic rings. The smallest absolute Gasteiger partial charge is 0.0541 e. The molecule has 0 radical (unpaired) electrons. The molecule has 0 saturated carbocycles. The number of anilines is 3. The second kappa shape index (κ2) is 17.6. The average molecular weight is 971 g/mol. The van der Waals surface area contributed by atoms with Gasteiger partial charge in [-0.2, -0.15) is 0 Å². The monoisotopic (exact) mass is 970 g/mol. The minimum Gasteiger partial charge on any atom is -0.310 e. The summed E-state index contributed by atoms with van der Waals surface area (Å²) in [4.78, 5) is 2.44. The van der Waals surface area contributed by atoms with Crippen LogP contribution in [0.2, 0.25) is 0 Å². The van der Waals surface area contributed by atoms with Gasteiger partial charge in [0.2, 0.25) is 0 Å². The third kappa shape index (κ3) is 7.31. The van der Waals surface area contributed by atoms with E-state index < -0.39 is 0 Å². The van der Waals surface area contributed by atoms with Gasteiger partial charge in [0.25, 0.3) is 0 Å². The molecule has 0 bridgehead atoms. The molecule has 0 N–H and O–H groups in total. The van der Waals surface area contributed by atoms with Gasteiger partial charge in [-0.05, 0) is 162 Å². The molecule has 75 heavy (non-hydrogen) atoms. The van der Waals surface area contributed by atoms with Gasteiger partial charge in [-0.15, -0.1) is 11.3 Å². The van der Waals surface area contributed by atoms with E-state index in [1.165, 1.54) is 113 Å². The number of nitrogens with zero attached hydrogens (tertiary/aromatic N) is 2. The first-order chi connectivity index (χ1) is 37.2. The average Bonchev–Trinajstić information content (AvgIpc) is 4.05. The van der Waals surface area contributed by atoms with E-state index in [2.05, 4.69) is 289 Å². The van der Waals surface area contributed by atoms with Crippen molar-refractivity contribution in [1.82, 2.24) is 4.57 Å². The Morgan fingerprint density at radius 3 is 1.16 bits per heavy atom. The SMILES string of the molecule is c1ccc(-c2ccc(-c3ccc4c(c3)c3cc(-c5ccc(N(c6ccc7sc8ccccc8c7c6)c6ccc7c8ccccc8c8ccccc8c7c6)cc5)ccc3n4-c3ccc(-c4ccccc4)cc3)cc2)cc1. The maximum absolute atomic E-state index is 2.44. The van der Waals surface area contributed by atoms with E-state index in [1.807, 2.05) is 11.3 Å². The number of hydrogen-bond donors (Lipinski definition) is 0. The van der Waals surface area contributed by atoms with Gasteiger partial charge >= 0.3 is 0 Å². The summed E-state index contributed by atoms with van der Waals surface area (Å²) in [5, 5.41) is 12.6. The zero-order valence-corrected chi connectivity index (χ0v) is 41.7. The van der Waals surface area contributed by atoms with E-state index in [1.54, 1.807) is 0 Å². The van der Waals surface area contributed by atoms with Crippen LogP contribution in [-0.2, 0) is 0 Å². The summed E-state index contributed by atoms with van der Waals surface area (Å²) in [6.45, 7) is 0. The van der Waals surface area contributed by atoms with Crippen molar-refractivity contribution in [2.75, 3.05) is 4.90 Å². The first kappa shape index (κ1) is 43.1. The zero-order valence-electron chi connectivity index (χ0n) is 40.9. The predicted octanol–water partition coefficient (Wildman–Crippen LogP) is 20.7. The van der Waals surface area contributed by atoms with Gasteiger partial charge in [-0.1, -0.05) is 194 Å². The van der Waals surface area contributed by atoms with Gasteiger partial charge in [0.15, 0.2) is 0 Å². The Morgan fingerprint density at radius 2 is 0.600 bits per heavy atom. The predicted molar refractivity (Wildman–Crippen MR) is 323 cm³/mol. The Balaban J connectivity index is 0.866. The van der Waals surface area contributed by atoms with Crippen molar-refractivity contribution in [2.45, 2.75) is 0 Å². The third-order valence-corrected chi connectivity index (χ3v) is 16.5. The molecule has 0 amide bonds. The van der Waals surface area contributed by atoms with Gasteiger partial charge < -0.3 is 9.47 Å². The van der Waals surface area contributed by atoms with E-state index in [0.29, 0.717) is 0 Å². The lowest BCUT2D eigenvalue weighted by atomic mass is 9.94.